The Kier molecular flexibility index (Phi) is 5.69. The number of guanidine groups is 1. The second-order valence-corrected chi connectivity index (χ2v) is 7.97. The molecule has 0 amide bonds. The van der Waals surface area contributed by atoms with Crippen LogP contribution in [0.5, 0.6) is 5.75 Å². The van der Waals surface area contributed by atoms with Gasteiger partial charge in [-0.25, -0.2) is 0 Å². The van der Waals surface area contributed by atoms with Crippen LogP contribution in [0.25, 0.3) is 10.8 Å². The van der Waals surface area contributed by atoms with Gasteiger partial charge in [0.15, 0.2) is 5.96 Å². The van der Waals surface area contributed by atoms with Crippen molar-refractivity contribution in [3.63, 3.8) is 0 Å². The summed E-state index contributed by atoms with van der Waals surface area (Å²) in [7, 11) is 3.59. The monoisotopic (exact) mass is 493 g/mol. The minimum absolute atomic E-state index is 0. The zero-order chi connectivity index (χ0) is 18.4. The molecule has 0 spiro atoms. The molecule has 3 saturated heterocycles. The fraction of sp³-hybridized carbons (Fsp3) is 0.500. The van der Waals surface area contributed by atoms with E-state index in [2.05, 4.69) is 45.5 Å². The summed E-state index contributed by atoms with van der Waals surface area (Å²) in [4.78, 5) is 6.97. The van der Waals surface area contributed by atoms with Gasteiger partial charge >= 0.3 is 0 Å². The maximum absolute atomic E-state index is 6.09. The number of methoxy groups -OCH3 is 1. The number of halogens is 1. The quantitative estimate of drug-likeness (QED) is 0.403. The summed E-state index contributed by atoms with van der Waals surface area (Å²) in [5.41, 5.74) is 1.26. The van der Waals surface area contributed by atoms with Crippen molar-refractivity contribution in [1.82, 2.24) is 10.2 Å². The lowest BCUT2D eigenvalue weighted by Gasteiger charge is -2.23. The minimum atomic E-state index is 0. The van der Waals surface area contributed by atoms with Crippen LogP contribution in [0.2, 0.25) is 0 Å². The first-order valence-electron chi connectivity index (χ1n) is 9.93. The van der Waals surface area contributed by atoms with Crippen molar-refractivity contribution in [3.8, 4) is 5.75 Å². The Balaban J connectivity index is 0.00000192. The van der Waals surface area contributed by atoms with Crippen LogP contribution in [0.15, 0.2) is 41.4 Å². The van der Waals surface area contributed by atoms with Crippen molar-refractivity contribution >= 4 is 40.7 Å². The van der Waals surface area contributed by atoms with E-state index in [0.29, 0.717) is 24.0 Å². The third-order valence-corrected chi connectivity index (χ3v) is 6.53. The van der Waals surface area contributed by atoms with Gasteiger partial charge in [-0.2, -0.15) is 0 Å². The molecule has 2 aromatic rings. The Morgan fingerprint density at radius 2 is 1.79 bits per heavy atom. The summed E-state index contributed by atoms with van der Waals surface area (Å²) in [6.45, 7) is 2.93. The second kappa shape index (κ2) is 8.06. The molecule has 0 aromatic heterocycles. The Hall–Kier alpha value is -1.54. The summed E-state index contributed by atoms with van der Waals surface area (Å²) in [5, 5.41) is 6.00. The van der Waals surface area contributed by atoms with Gasteiger partial charge in [-0.3, -0.25) is 4.99 Å². The first-order chi connectivity index (χ1) is 13.2. The smallest absolute Gasteiger partial charge is 0.193 e. The molecule has 0 radical (unpaired) electrons. The zero-order valence-corrected chi connectivity index (χ0v) is 18.8. The average molecular weight is 493 g/mol. The third kappa shape index (κ3) is 3.45. The van der Waals surface area contributed by atoms with Crippen LogP contribution >= 0.6 is 24.0 Å². The van der Waals surface area contributed by atoms with E-state index in [1.54, 1.807) is 7.11 Å². The van der Waals surface area contributed by atoms with E-state index >= 15 is 0 Å². The summed E-state index contributed by atoms with van der Waals surface area (Å²) in [6, 6.07) is 12.8. The number of nitrogens with zero attached hydrogens (tertiary/aromatic N) is 2. The molecule has 3 fully saturated rings. The van der Waals surface area contributed by atoms with Gasteiger partial charge in [0.05, 0.1) is 19.3 Å². The van der Waals surface area contributed by atoms with Crippen molar-refractivity contribution in [2.45, 2.75) is 31.6 Å². The van der Waals surface area contributed by atoms with E-state index < -0.39 is 0 Å². The Morgan fingerprint density at radius 3 is 2.46 bits per heavy atom. The Morgan fingerprint density at radius 1 is 1.11 bits per heavy atom. The molecule has 4 atom stereocenters. The first-order valence-corrected chi connectivity index (χ1v) is 9.93. The van der Waals surface area contributed by atoms with Gasteiger partial charge < -0.3 is 19.7 Å². The predicted octanol–water partition coefficient (Wildman–Crippen LogP) is 3.65. The van der Waals surface area contributed by atoms with Crippen LogP contribution in [0.3, 0.4) is 0 Å². The largest absolute Gasteiger partial charge is 0.497 e. The van der Waals surface area contributed by atoms with Gasteiger partial charge in [-0.15, -0.1) is 24.0 Å². The molecule has 3 heterocycles. The number of rotatable bonds is 3. The fourth-order valence-electron chi connectivity index (χ4n) is 5.16. The maximum atomic E-state index is 6.09. The molecule has 150 valence electrons. The molecule has 0 aliphatic carbocycles. The Bertz CT molecular complexity index is 869. The standard InChI is InChI=1S/C22H27N3O2.HI/c1-23-22(25-12-18-19(13-25)21-8-7-20(18)27-21)24-11-14-3-4-16-10-17(26-2)6-5-15(16)9-14;/h3-6,9-10,18-21H,7-8,11-13H2,1-2H3,(H,23,24);1H. The highest BCUT2D eigenvalue weighted by molar-refractivity contribution is 14.0. The van der Waals surface area contributed by atoms with E-state index in [9.17, 15) is 0 Å². The lowest BCUT2D eigenvalue weighted by Crippen LogP contribution is -2.40. The molecule has 3 aliphatic rings. The molecule has 6 heteroatoms. The topological polar surface area (TPSA) is 46.1 Å². The van der Waals surface area contributed by atoms with Crippen LogP contribution in [-0.2, 0) is 11.3 Å². The summed E-state index contributed by atoms with van der Waals surface area (Å²) in [6.07, 6.45) is 3.46. The zero-order valence-electron chi connectivity index (χ0n) is 16.4. The molecule has 0 saturated carbocycles. The van der Waals surface area contributed by atoms with Crippen molar-refractivity contribution in [2.24, 2.45) is 16.8 Å². The van der Waals surface area contributed by atoms with Crippen LogP contribution < -0.4 is 10.1 Å². The van der Waals surface area contributed by atoms with E-state index in [1.165, 1.54) is 29.2 Å². The van der Waals surface area contributed by atoms with Gasteiger partial charge in [0, 0.05) is 38.5 Å². The number of hydrogen-bond acceptors (Lipinski definition) is 3. The molecule has 28 heavy (non-hydrogen) atoms. The molecule has 5 nitrogen and oxygen atoms in total. The van der Waals surface area contributed by atoms with Gasteiger partial charge in [-0.05, 0) is 47.4 Å². The van der Waals surface area contributed by atoms with Crippen molar-refractivity contribution < 1.29 is 9.47 Å². The van der Waals surface area contributed by atoms with Crippen molar-refractivity contribution in [1.29, 1.82) is 0 Å². The molecular weight excluding hydrogens is 465 g/mol. The lowest BCUT2D eigenvalue weighted by molar-refractivity contribution is 0.0767. The van der Waals surface area contributed by atoms with Crippen LogP contribution in [0, 0.1) is 11.8 Å². The van der Waals surface area contributed by atoms with E-state index in [1.807, 2.05) is 13.1 Å². The molecule has 3 aliphatic heterocycles. The number of hydrogen-bond donors (Lipinski definition) is 1. The third-order valence-electron chi connectivity index (χ3n) is 6.53. The Labute approximate surface area is 183 Å². The molecule has 5 rings (SSSR count). The summed E-state index contributed by atoms with van der Waals surface area (Å²) < 4.78 is 11.4. The van der Waals surface area contributed by atoms with Crippen molar-refractivity contribution in [2.75, 3.05) is 27.2 Å². The fourth-order valence-corrected chi connectivity index (χ4v) is 5.16. The molecule has 4 unspecified atom stereocenters. The number of aliphatic imine (C=N–C) groups is 1. The number of nitrogens with one attached hydrogen (secondary N) is 1. The maximum Gasteiger partial charge on any atom is 0.193 e. The minimum Gasteiger partial charge on any atom is -0.497 e. The van der Waals surface area contributed by atoms with Gasteiger partial charge in [0.2, 0.25) is 0 Å². The molecule has 2 aromatic carbocycles. The number of likely N-dealkylation sites (tertiary alicyclic amines) is 1. The first kappa shape index (κ1) is 19.8. The van der Waals surface area contributed by atoms with Crippen LogP contribution in [-0.4, -0.2) is 50.3 Å². The number of ether oxygens (including phenoxy) is 2. The SMILES string of the molecule is CN=C(NCc1ccc2cc(OC)ccc2c1)N1CC2C3CCC(O3)C2C1.I. The average Bonchev–Trinajstić information content (AvgIpc) is 3.41. The van der Waals surface area contributed by atoms with E-state index in [-0.39, 0.29) is 24.0 Å². The van der Waals surface area contributed by atoms with Crippen molar-refractivity contribution in [3.05, 3.63) is 42.0 Å². The van der Waals surface area contributed by atoms with Gasteiger partial charge in [0.25, 0.3) is 0 Å². The normalized spacial score (nSPS) is 28.4. The molecule has 1 N–H and O–H groups in total. The molecular formula is C22H28IN3O2. The second-order valence-electron chi connectivity index (χ2n) is 7.97. The predicted molar refractivity (Wildman–Crippen MR) is 123 cm³/mol. The van der Waals surface area contributed by atoms with E-state index in [4.69, 9.17) is 9.47 Å². The highest BCUT2D eigenvalue weighted by atomic mass is 127. The van der Waals surface area contributed by atoms with Gasteiger partial charge in [0.1, 0.15) is 5.75 Å². The van der Waals surface area contributed by atoms with Crippen LogP contribution in [0.1, 0.15) is 18.4 Å². The molecule has 2 bridgehead atoms. The lowest BCUT2D eigenvalue weighted by atomic mass is 9.82. The summed E-state index contributed by atoms with van der Waals surface area (Å²) >= 11 is 0. The summed E-state index contributed by atoms with van der Waals surface area (Å²) in [5.74, 6) is 3.29. The number of benzene rings is 2. The van der Waals surface area contributed by atoms with E-state index in [0.717, 1.165) is 31.3 Å². The highest BCUT2D eigenvalue weighted by Crippen LogP contribution is 2.47. The number of fused-ring (bicyclic) bond motifs is 6. The highest BCUT2D eigenvalue weighted by Gasteiger charge is 2.53. The van der Waals surface area contributed by atoms with Crippen LogP contribution in [0.4, 0.5) is 0 Å². The van der Waals surface area contributed by atoms with Gasteiger partial charge in [-0.1, -0.05) is 18.2 Å².